The van der Waals surface area contributed by atoms with Gasteiger partial charge in [0.25, 0.3) is 0 Å². The second-order valence-corrected chi connectivity index (χ2v) is 4.18. The Morgan fingerprint density at radius 3 is 2.50 bits per heavy atom. The van der Waals surface area contributed by atoms with Gasteiger partial charge in [-0.2, -0.15) is 0 Å². The molecule has 1 rings (SSSR count). The van der Waals surface area contributed by atoms with Crippen molar-refractivity contribution in [2.45, 2.75) is 38.4 Å². The Morgan fingerprint density at radius 2 is 2.00 bits per heavy atom. The number of aliphatic carboxylic acids is 1. The van der Waals surface area contributed by atoms with Crippen molar-refractivity contribution in [3.05, 3.63) is 0 Å². The van der Waals surface area contributed by atoms with Crippen molar-refractivity contribution in [2.24, 2.45) is 0 Å². The van der Waals surface area contributed by atoms with Crippen LogP contribution < -0.4 is 0 Å². The quantitative estimate of drug-likeness (QED) is 0.694. The number of hydrogen-bond donors (Lipinski definition) is 1. The van der Waals surface area contributed by atoms with Crippen LogP contribution >= 0.6 is 0 Å². The molecule has 0 aromatic heterocycles. The van der Waals surface area contributed by atoms with Crippen LogP contribution in [0.4, 0.5) is 0 Å². The van der Waals surface area contributed by atoms with Crippen molar-refractivity contribution in [2.75, 3.05) is 26.4 Å². The molecule has 0 aromatic rings. The van der Waals surface area contributed by atoms with Gasteiger partial charge >= 0.3 is 5.97 Å². The molecule has 1 heterocycles. The van der Waals surface area contributed by atoms with Gasteiger partial charge in [0.15, 0.2) is 5.60 Å². The van der Waals surface area contributed by atoms with E-state index >= 15 is 0 Å². The summed E-state index contributed by atoms with van der Waals surface area (Å²) < 4.78 is 15.9. The Morgan fingerprint density at radius 1 is 1.38 bits per heavy atom. The summed E-state index contributed by atoms with van der Waals surface area (Å²) in [6.07, 6.45) is 0.952. The van der Waals surface area contributed by atoms with Gasteiger partial charge in [-0.3, -0.25) is 0 Å². The van der Waals surface area contributed by atoms with Gasteiger partial charge in [-0.05, 0) is 13.8 Å². The Bertz CT molecular complexity index is 220. The fourth-order valence-corrected chi connectivity index (χ4v) is 1.64. The fraction of sp³-hybridized carbons (Fsp3) is 0.909. The molecule has 0 bridgehead atoms. The first-order valence-electron chi connectivity index (χ1n) is 5.63. The zero-order valence-electron chi connectivity index (χ0n) is 9.90. The van der Waals surface area contributed by atoms with Gasteiger partial charge in [0.2, 0.25) is 0 Å². The molecule has 5 heteroatoms. The maximum Gasteiger partial charge on any atom is 0.336 e. The van der Waals surface area contributed by atoms with E-state index in [1.54, 1.807) is 0 Å². The van der Waals surface area contributed by atoms with Gasteiger partial charge in [-0.15, -0.1) is 0 Å². The third-order valence-corrected chi connectivity index (χ3v) is 2.60. The average Bonchev–Trinajstić information content (AvgIpc) is 2.25. The summed E-state index contributed by atoms with van der Waals surface area (Å²) in [6, 6.07) is 0. The molecular weight excluding hydrogens is 212 g/mol. The van der Waals surface area contributed by atoms with Crippen LogP contribution in [0.25, 0.3) is 0 Å². The molecule has 0 unspecified atom stereocenters. The SMILES string of the molecule is CC(C)OCCOC1(C(=O)O)CCOCC1. The highest BCUT2D eigenvalue weighted by Gasteiger charge is 2.41. The Labute approximate surface area is 95.7 Å². The lowest BCUT2D eigenvalue weighted by molar-refractivity contribution is -0.181. The Balaban J connectivity index is 2.36. The van der Waals surface area contributed by atoms with Crippen LogP contribution in [0.2, 0.25) is 0 Å². The van der Waals surface area contributed by atoms with Gasteiger partial charge in [0.05, 0.1) is 19.3 Å². The molecule has 16 heavy (non-hydrogen) atoms. The van der Waals surface area contributed by atoms with Crippen LogP contribution in [0.5, 0.6) is 0 Å². The van der Waals surface area contributed by atoms with Crippen molar-refractivity contribution in [3.8, 4) is 0 Å². The molecule has 0 aliphatic carbocycles. The summed E-state index contributed by atoms with van der Waals surface area (Å²) in [6.45, 7) is 5.48. The van der Waals surface area contributed by atoms with Gasteiger partial charge in [-0.1, -0.05) is 0 Å². The molecular formula is C11H20O5. The van der Waals surface area contributed by atoms with Crippen molar-refractivity contribution in [1.29, 1.82) is 0 Å². The van der Waals surface area contributed by atoms with E-state index < -0.39 is 11.6 Å². The molecule has 94 valence electrons. The number of carboxylic acids is 1. The number of carboxylic acid groups (broad SMARTS) is 1. The minimum Gasteiger partial charge on any atom is -0.479 e. The van der Waals surface area contributed by atoms with Crippen LogP contribution in [-0.2, 0) is 19.0 Å². The smallest absolute Gasteiger partial charge is 0.336 e. The number of ether oxygens (including phenoxy) is 3. The van der Waals surface area contributed by atoms with Gasteiger partial charge in [-0.25, -0.2) is 4.79 Å². The van der Waals surface area contributed by atoms with Gasteiger partial charge < -0.3 is 19.3 Å². The van der Waals surface area contributed by atoms with Gasteiger partial charge in [0.1, 0.15) is 0 Å². The molecule has 1 aliphatic rings. The topological polar surface area (TPSA) is 65.0 Å². The minimum atomic E-state index is -1.07. The molecule has 1 aliphatic heterocycles. The Kier molecular flexibility index (Phi) is 5.18. The maximum absolute atomic E-state index is 11.2. The summed E-state index contributed by atoms with van der Waals surface area (Å²) in [5, 5.41) is 9.18. The van der Waals surface area contributed by atoms with E-state index in [1.807, 2.05) is 13.8 Å². The molecule has 0 amide bonds. The highest BCUT2D eigenvalue weighted by Crippen LogP contribution is 2.25. The van der Waals surface area contributed by atoms with E-state index in [0.29, 0.717) is 39.3 Å². The first-order valence-corrected chi connectivity index (χ1v) is 5.63. The molecule has 5 nitrogen and oxygen atoms in total. The number of rotatable bonds is 6. The molecule has 1 fully saturated rings. The molecule has 0 atom stereocenters. The normalized spacial score (nSPS) is 19.9. The van der Waals surface area contributed by atoms with Crippen molar-refractivity contribution in [3.63, 3.8) is 0 Å². The minimum absolute atomic E-state index is 0.138. The van der Waals surface area contributed by atoms with Crippen molar-refractivity contribution < 1.29 is 24.1 Å². The number of carbonyl (C=O) groups is 1. The van der Waals surface area contributed by atoms with E-state index in [9.17, 15) is 9.90 Å². The average molecular weight is 232 g/mol. The maximum atomic E-state index is 11.2. The lowest BCUT2D eigenvalue weighted by atomic mass is 9.94. The van der Waals surface area contributed by atoms with Gasteiger partial charge in [0, 0.05) is 26.1 Å². The van der Waals surface area contributed by atoms with Crippen LogP contribution in [0, 0.1) is 0 Å². The third kappa shape index (κ3) is 3.73. The van der Waals surface area contributed by atoms with Crippen LogP contribution in [0.3, 0.4) is 0 Å². The highest BCUT2D eigenvalue weighted by molar-refractivity contribution is 5.77. The monoisotopic (exact) mass is 232 g/mol. The van der Waals surface area contributed by atoms with E-state index in [0.717, 1.165) is 0 Å². The lowest BCUT2D eigenvalue weighted by Gasteiger charge is -2.33. The van der Waals surface area contributed by atoms with Crippen LogP contribution in [0.1, 0.15) is 26.7 Å². The largest absolute Gasteiger partial charge is 0.479 e. The summed E-state index contributed by atoms with van der Waals surface area (Å²) in [7, 11) is 0. The lowest BCUT2D eigenvalue weighted by Crippen LogP contribution is -2.47. The highest BCUT2D eigenvalue weighted by atomic mass is 16.6. The van der Waals surface area contributed by atoms with E-state index in [1.165, 1.54) is 0 Å². The number of hydrogen-bond acceptors (Lipinski definition) is 4. The summed E-state index contributed by atoms with van der Waals surface area (Å²) in [5.74, 6) is -0.902. The molecule has 0 spiro atoms. The predicted octanol–water partition coefficient (Wildman–Crippen LogP) is 1.06. The molecule has 1 saturated heterocycles. The van der Waals surface area contributed by atoms with Crippen LogP contribution in [0.15, 0.2) is 0 Å². The van der Waals surface area contributed by atoms with E-state index in [4.69, 9.17) is 14.2 Å². The third-order valence-electron chi connectivity index (χ3n) is 2.60. The summed E-state index contributed by atoms with van der Waals surface area (Å²) in [5.41, 5.74) is -1.07. The molecule has 1 N–H and O–H groups in total. The van der Waals surface area contributed by atoms with Crippen molar-refractivity contribution >= 4 is 5.97 Å². The van der Waals surface area contributed by atoms with E-state index in [-0.39, 0.29) is 6.10 Å². The molecule has 0 saturated carbocycles. The zero-order chi connectivity index (χ0) is 12.0. The van der Waals surface area contributed by atoms with Crippen LogP contribution in [-0.4, -0.2) is 49.2 Å². The second kappa shape index (κ2) is 6.18. The standard InChI is InChI=1S/C11H20O5/c1-9(2)15-7-8-16-11(10(12)13)3-5-14-6-4-11/h9H,3-8H2,1-2H3,(H,12,13). The van der Waals surface area contributed by atoms with E-state index in [2.05, 4.69) is 0 Å². The summed E-state index contributed by atoms with van der Waals surface area (Å²) in [4.78, 5) is 11.2. The predicted molar refractivity (Wildman–Crippen MR) is 57.5 cm³/mol. The molecule has 0 aromatic carbocycles. The first-order chi connectivity index (χ1) is 7.57. The fourth-order valence-electron chi connectivity index (χ4n) is 1.64. The Hall–Kier alpha value is -0.650. The first kappa shape index (κ1) is 13.4. The van der Waals surface area contributed by atoms with Crippen molar-refractivity contribution in [1.82, 2.24) is 0 Å². The second-order valence-electron chi connectivity index (χ2n) is 4.18. The molecule has 0 radical (unpaired) electrons. The summed E-state index contributed by atoms with van der Waals surface area (Å²) >= 11 is 0. The zero-order valence-corrected chi connectivity index (χ0v) is 9.90.